The summed E-state index contributed by atoms with van der Waals surface area (Å²) < 4.78 is 0. The van der Waals surface area contributed by atoms with Gasteiger partial charge in [0.25, 0.3) is 5.56 Å². The number of hydrogen-bond donors (Lipinski definition) is 3. The highest BCUT2D eigenvalue weighted by atomic mass is 32.2. The molecule has 1 aliphatic carbocycles. The van der Waals surface area contributed by atoms with E-state index in [4.69, 9.17) is 5.73 Å². The third-order valence-electron chi connectivity index (χ3n) is 3.05. The average molecular weight is 282 g/mol. The normalized spacial score (nSPS) is 16.2. The second-order valence-corrected chi connectivity index (χ2v) is 5.63. The molecule has 1 aromatic rings. The van der Waals surface area contributed by atoms with E-state index in [-0.39, 0.29) is 23.0 Å². The molecule has 0 unspecified atom stereocenters. The topological polar surface area (TPSA) is 101 Å². The molecule has 104 valence electrons. The summed E-state index contributed by atoms with van der Waals surface area (Å²) in [6.45, 7) is 0. The maximum atomic E-state index is 11.8. The van der Waals surface area contributed by atoms with Crippen LogP contribution in [0.1, 0.15) is 32.1 Å². The fourth-order valence-electron chi connectivity index (χ4n) is 2.17. The molecule has 6 nitrogen and oxygen atoms in total. The number of thioether (sulfide) groups is 1. The Morgan fingerprint density at radius 3 is 2.89 bits per heavy atom. The quantitative estimate of drug-likeness (QED) is 0.562. The minimum Gasteiger partial charge on any atom is -0.383 e. The molecule has 19 heavy (non-hydrogen) atoms. The molecule has 1 saturated carbocycles. The summed E-state index contributed by atoms with van der Waals surface area (Å²) in [6, 6.07) is 1.52. The van der Waals surface area contributed by atoms with Gasteiger partial charge in [0.05, 0.1) is 5.75 Å². The fraction of sp³-hybridized carbons (Fsp3) is 0.583. The molecular formula is C12H18N4O2S. The fourth-order valence-corrected chi connectivity index (χ4v) is 2.87. The van der Waals surface area contributed by atoms with E-state index in [0.717, 1.165) is 12.8 Å². The molecule has 1 aromatic heterocycles. The Morgan fingerprint density at radius 1 is 1.47 bits per heavy atom. The number of H-pyrrole nitrogens is 1. The largest absolute Gasteiger partial charge is 0.383 e. The number of hydrogen-bond acceptors (Lipinski definition) is 5. The number of anilines is 1. The number of amides is 1. The van der Waals surface area contributed by atoms with Gasteiger partial charge in [-0.15, -0.1) is 0 Å². The standard InChI is InChI=1S/C12H18N4O2S/c13-9-6-10(17)16-12(15-9)19-7-11(18)14-8-4-2-1-3-5-8/h6,8H,1-5,7H2,(H,14,18)(H3,13,15,16,17). The van der Waals surface area contributed by atoms with Gasteiger partial charge in [-0.25, -0.2) is 4.98 Å². The van der Waals surface area contributed by atoms with Gasteiger partial charge >= 0.3 is 0 Å². The first-order valence-corrected chi connectivity index (χ1v) is 7.41. The van der Waals surface area contributed by atoms with E-state index in [0.29, 0.717) is 11.2 Å². The van der Waals surface area contributed by atoms with E-state index in [1.807, 2.05) is 0 Å². The third kappa shape index (κ3) is 4.59. The molecule has 4 N–H and O–H groups in total. The van der Waals surface area contributed by atoms with Gasteiger partial charge in [-0.2, -0.15) is 0 Å². The lowest BCUT2D eigenvalue weighted by Crippen LogP contribution is -2.37. The molecule has 0 saturated heterocycles. The number of carbonyl (C=O) groups is 1. The van der Waals surface area contributed by atoms with Crippen LogP contribution in [0.15, 0.2) is 16.0 Å². The van der Waals surface area contributed by atoms with E-state index >= 15 is 0 Å². The van der Waals surface area contributed by atoms with Crippen LogP contribution in [0.3, 0.4) is 0 Å². The number of nitrogens with one attached hydrogen (secondary N) is 2. The van der Waals surface area contributed by atoms with Crippen LogP contribution in [0.4, 0.5) is 5.82 Å². The number of aromatic nitrogens is 2. The van der Waals surface area contributed by atoms with Gasteiger partial charge in [0.2, 0.25) is 5.91 Å². The van der Waals surface area contributed by atoms with E-state index in [1.54, 1.807) is 0 Å². The number of nitrogen functional groups attached to an aromatic ring is 1. The maximum absolute atomic E-state index is 11.8. The first-order chi connectivity index (χ1) is 9.13. The van der Waals surface area contributed by atoms with Gasteiger partial charge < -0.3 is 16.0 Å². The summed E-state index contributed by atoms with van der Waals surface area (Å²) in [7, 11) is 0. The number of nitrogens with zero attached hydrogens (tertiary/aromatic N) is 1. The van der Waals surface area contributed by atoms with Crippen molar-refractivity contribution >= 4 is 23.5 Å². The van der Waals surface area contributed by atoms with Crippen LogP contribution >= 0.6 is 11.8 Å². The minimum absolute atomic E-state index is 0.0260. The summed E-state index contributed by atoms with van der Waals surface area (Å²) in [5.41, 5.74) is 5.17. The highest BCUT2D eigenvalue weighted by Gasteiger charge is 2.15. The Balaban J connectivity index is 1.80. The van der Waals surface area contributed by atoms with Crippen molar-refractivity contribution in [3.8, 4) is 0 Å². The van der Waals surface area contributed by atoms with E-state index in [9.17, 15) is 9.59 Å². The van der Waals surface area contributed by atoms with Gasteiger partial charge in [0.15, 0.2) is 5.16 Å². The lowest BCUT2D eigenvalue weighted by Gasteiger charge is -2.22. The van der Waals surface area contributed by atoms with Crippen LogP contribution < -0.4 is 16.6 Å². The minimum atomic E-state index is -0.303. The highest BCUT2D eigenvalue weighted by molar-refractivity contribution is 7.99. The molecule has 1 amide bonds. The number of aromatic amines is 1. The van der Waals surface area contributed by atoms with Gasteiger partial charge in [-0.1, -0.05) is 31.0 Å². The Hall–Kier alpha value is -1.50. The second kappa shape index (κ2) is 6.60. The van der Waals surface area contributed by atoms with Crippen LogP contribution in [0.2, 0.25) is 0 Å². The highest BCUT2D eigenvalue weighted by Crippen LogP contribution is 2.18. The number of nitrogens with two attached hydrogens (primary N) is 1. The van der Waals surface area contributed by atoms with Gasteiger partial charge in [-0.05, 0) is 12.8 Å². The summed E-state index contributed by atoms with van der Waals surface area (Å²) in [6.07, 6.45) is 5.74. The first-order valence-electron chi connectivity index (χ1n) is 6.42. The van der Waals surface area contributed by atoms with Crippen molar-refractivity contribution in [3.63, 3.8) is 0 Å². The van der Waals surface area contributed by atoms with Crippen molar-refractivity contribution in [1.29, 1.82) is 0 Å². The molecule has 0 radical (unpaired) electrons. The van der Waals surface area contributed by atoms with E-state index < -0.39 is 0 Å². The second-order valence-electron chi connectivity index (χ2n) is 4.67. The molecule has 0 spiro atoms. The number of rotatable bonds is 4. The zero-order valence-corrected chi connectivity index (χ0v) is 11.5. The van der Waals surface area contributed by atoms with Crippen LogP contribution in [-0.4, -0.2) is 27.7 Å². The Bertz CT molecular complexity index is 497. The Kier molecular flexibility index (Phi) is 4.84. The zero-order chi connectivity index (χ0) is 13.7. The van der Waals surface area contributed by atoms with Crippen molar-refractivity contribution in [3.05, 3.63) is 16.4 Å². The van der Waals surface area contributed by atoms with Crippen molar-refractivity contribution in [1.82, 2.24) is 15.3 Å². The lowest BCUT2D eigenvalue weighted by molar-refractivity contribution is -0.119. The van der Waals surface area contributed by atoms with Crippen molar-refractivity contribution in [2.45, 2.75) is 43.3 Å². The SMILES string of the molecule is Nc1cc(=O)[nH]c(SCC(=O)NC2CCCCC2)n1. The van der Waals surface area contributed by atoms with Crippen LogP contribution in [-0.2, 0) is 4.79 Å². The molecule has 1 aliphatic rings. The van der Waals surface area contributed by atoms with E-state index in [2.05, 4.69) is 15.3 Å². The van der Waals surface area contributed by atoms with Crippen LogP contribution in [0.5, 0.6) is 0 Å². The molecule has 7 heteroatoms. The predicted octanol–water partition coefficient (Wildman–Crippen LogP) is 0.893. The van der Waals surface area contributed by atoms with Gasteiger partial charge in [0, 0.05) is 12.1 Å². The Labute approximate surface area is 115 Å². The van der Waals surface area contributed by atoms with E-state index in [1.165, 1.54) is 37.1 Å². The average Bonchev–Trinajstić information content (AvgIpc) is 2.36. The summed E-state index contributed by atoms with van der Waals surface area (Å²) in [5.74, 6) is 0.379. The Morgan fingerprint density at radius 2 is 2.21 bits per heavy atom. The molecule has 0 aliphatic heterocycles. The van der Waals surface area contributed by atoms with Crippen LogP contribution in [0, 0.1) is 0 Å². The smallest absolute Gasteiger partial charge is 0.253 e. The molecule has 2 rings (SSSR count). The molecule has 0 atom stereocenters. The van der Waals surface area contributed by atoms with Crippen molar-refractivity contribution in [2.75, 3.05) is 11.5 Å². The molecule has 1 fully saturated rings. The molecule has 1 heterocycles. The first kappa shape index (κ1) is 13.9. The van der Waals surface area contributed by atoms with Crippen molar-refractivity contribution < 1.29 is 4.79 Å². The maximum Gasteiger partial charge on any atom is 0.253 e. The van der Waals surface area contributed by atoms with Crippen molar-refractivity contribution in [2.24, 2.45) is 0 Å². The molecule has 0 aromatic carbocycles. The predicted molar refractivity (Wildman–Crippen MR) is 75.0 cm³/mol. The zero-order valence-electron chi connectivity index (χ0n) is 10.6. The lowest BCUT2D eigenvalue weighted by atomic mass is 9.95. The summed E-state index contributed by atoms with van der Waals surface area (Å²) >= 11 is 1.19. The molecular weight excluding hydrogens is 264 g/mol. The number of carbonyl (C=O) groups excluding carboxylic acids is 1. The van der Waals surface area contributed by atoms with Gasteiger partial charge in [0.1, 0.15) is 5.82 Å². The monoisotopic (exact) mass is 282 g/mol. The summed E-state index contributed by atoms with van der Waals surface area (Å²) in [4.78, 5) is 29.5. The third-order valence-corrected chi connectivity index (χ3v) is 3.92. The summed E-state index contributed by atoms with van der Waals surface area (Å²) in [5, 5.41) is 3.39. The van der Waals surface area contributed by atoms with Crippen LogP contribution in [0.25, 0.3) is 0 Å². The molecule has 0 bridgehead atoms. The van der Waals surface area contributed by atoms with Gasteiger partial charge in [-0.3, -0.25) is 9.59 Å².